The number of aromatic nitrogens is 2. The van der Waals surface area contributed by atoms with Crippen molar-refractivity contribution in [1.29, 1.82) is 0 Å². The predicted octanol–water partition coefficient (Wildman–Crippen LogP) is 5.17. The second kappa shape index (κ2) is 10.5. The van der Waals surface area contributed by atoms with Gasteiger partial charge >= 0.3 is 0 Å². The molecule has 1 amide bonds. The molecule has 3 aromatic heterocycles. The lowest BCUT2D eigenvalue weighted by Crippen LogP contribution is -2.43. The van der Waals surface area contributed by atoms with Gasteiger partial charge in [-0.1, -0.05) is 19.9 Å². The molecular weight excluding hydrogens is 506 g/mol. The summed E-state index contributed by atoms with van der Waals surface area (Å²) in [6, 6.07) is 10.9. The largest absolute Gasteiger partial charge is 0.467 e. The van der Waals surface area contributed by atoms with E-state index in [-0.39, 0.29) is 48.0 Å². The monoisotopic (exact) mass is 534 g/mol. The molecule has 202 valence electrons. The molecule has 0 fully saturated rings. The second-order valence-electron chi connectivity index (χ2n) is 9.80. The summed E-state index contributed by atoms with van der Waals surface area (Å²) < 4.78 is 41.3. The first-order chi connectivity index (χ1) is 18.7. The number of nitrogens with zero attached hydrogens (tertiary/aromatic N) is 3. The minimum absolute atomic E-state index is 0.0164. The number of furan rings is 2. The standard InChI is InChI=1S/C29H28F2N4O4/c1-16(2)25(34(11-10-32)28(36)18-7-6-17(3)22(31)13-18)27-33-24-21-14-19(30)8-9-23(21)39-26(24)29(37)35(27)15-20-5-4-12-38-20/h4-9,12-14,16,25H,10-11,15,32H2,1-3H3/t25-/m1/s1. The Hall–Kier alpha value is -4.31. The van der Waals surface area contributed by atoms with Gasteiger partial charge in [-0.25, -0.2) is 13.8 Å². The van der Waals surface area contributed by atoms with Gasteiger partial charge in [0.05, 0.1) is 18.8 Å². The Morgan fingerprint density at radius 2 is 1.95 bits per heavy atom. The third-order valence-electron chi connectivity index (χ3n) is 6.74. The van der Waals surface area contributed by atoms with E-state index in [1.165, 1.54) is 46.1 Å². The molecule has 10 heteroatoms. The Labute approximate surface area is 222 Å². The summed E-state index contributed by atoms with van der Waals surface area (Å²) in [4.78, 5) is 34.0. The molecular formula is C29H28F2N4O4. The minimum atomic E-state index is -0.754. The molecule has 0 saturated heterocycles. The van der Waals surface area contributed by atoms with Crippen LogP contribution in [0.25, 0.3) is 22.1 Å². The average molecular weight is 535 g/mol. The molecule has 39 heavy (non-hydrogen) atoms. The van der Waals surface area contributed by atoms with Gasteiger partial charge in [0.2, 0.25) is 5.58 Å². The fraction of sp³-hybridized carbons (Fsp3) is 0.276. The van der Waals surface area contributed by atoms with Crippen molar-refractivity contribution >= 4 is 28.0 Å². The summed E-state index contributed by atoms with van der Waals surface area (Å²) in [7, 11) is 0. The zero-order valence-electron chi connectivity index (χ0n) is 21.8. The predicted molar refractivity (Wildman–Crippen MR) is 142 cm³/mol. The Bertz CT molecular complexity index is 1720. The van der Waals surface area contributed by atoms with E-state index in [2.05, 4.69) is 0 Å². The van der Waals surface area contributed by atoms with Crippen molar-refractivity contribution < 1.29 is 22.4 Å². The summed E-state index contributed by atoms with van der Waals surface area (Å²) in [5.74, 6) is -0.981. The molecule has 2 aromatic carbocycles. The lowest BCUT2D eigenvalue weighted by molar-refractivity contribution is 0.0611. The second-order valence-corrected chi connectivity index (χ2v) is 9.80. The first kappa shape index (κ1) is 26.3. The van der Waals surface area contributed by atoms with Crippen molar-refractivity contribution in [3.8, 4) is 0 Å². The summed E-state index contributed by atoms with van der Waals surface area (Å²) in [5, 5.41) is 0.341. The molecule has 0 spiro atoms. The Morgan fingerprint density at radius 1 is 1.15 bits per heavy atom. The van der Waals surface area contributed by atoms with Crippen LogP contribution in [0.5, 0.6) is 0 Å². The van der Waals surface area contributed by atoms with Gasteiger partial charge in [-0.05, 0) is 60.9 Å². The molecule has 0 unspecified atom stereocenters. The lowest BCUT2D eigenvalue weighted by atomic mass is 9.99. The quantitative estimate of drug-likeness (QED) is 0.294. The van der Waals surface area contributed by atoms with Crippen LogP contribution in [0.15, 0.2) is 68.4 Å². The highest BCUT2D eigenvalue weighted by molar-refractivity contribution is 6.02. The molecule has 5 rings (SSSR count). The molecule has 2 N–H and O–H groups in total. The maximum atomic E-state index is 14.4. The fourth-order valence-corrected chi connectivity index (χ4v) is 4.85. The van der Waals surface area contributed by atoms with Gasteiger partial charge in [0.1, 0.15) is 34.3 Å². The number of carbonyl (C=O) groups is 1. The minimum Gasteiger partial charge on any atom is -0.467 e. The first-order valence-electron chi connectivity index (χ1n) is 12.6. The van der Waals surface area contributed by atoms with E-state index < -0.39 is 29.1 Å². The summed E-state index contributed by atoms with van der Waals surface area (Å²) in [5.41, 5.74) is 6.45. The van der Waals surface area contributed by atoms with Crippen LogP contribution in [-0.2, 0) is 6.54 Å². The van der Waals surface area contributed by atoms with Gasteiger partial charge in [0.15, 0.2) is 0 Å². The van der Waals surface area contributed by atoms with E-state index in [4.69, 9.17) is 19.6 Å². The highest BCUT2D eigenvalue weighted by Crippen LogP contribution is 2.33. The molecule has 0 radical (unpaired) electrons. The van der Waals surface area contributed by atoms with Gasteiger partial charge in [-0.2, -0.15) is 0 Å². The van der Waals surface area contributed by atoms with Gasteiger partial charge in [0, 0.05) is 24.0 Å². The van der Waals surface area contributed by atoms with Gasteiger partial charge < -0.3 is 19.5 Å². The Morgan fingerprint density at radius 3 is 2.62 bits per heavy atom. The van der Waals surface area contributed by atoms with Crippen LogP contribution in [-0.4, -0.2) is 33.4 Å². The third-order valence-corrected chi connectivity index (χ3v) is 6.74. The number of benzene rings is 2. The van der Waals surface area contributed by atoms with Crippen molar-refractivity contribution in [1.82, 2.24) is 14.5 Å². The van der Waals surface area contributed by atoms with Gasteiger partial charge in [-0.15, -0.1) is 0 Å². The zero-order chi connectivity index (χ0) is 27.8. The number of nitrogens with two attached hydrogens (primary N) is 1. The van der Waals surface area contributed by atoms with E-state index in [1.54, 1.807) is 25.1 Å². The highest BCUT2D eigenvalue weighted by Gasteiger charge is 2.33. The maximum Gasteiger partial charge on any atom is 0.297 e. The van der Waals surface area contributed by atoms with Crippen molar-refractivity contribution in [2.45, 2.75) is 33.4 Å². The first-order valence-corrected chi connectivity index (χ1v) is 12.6. The normalized spacial score (nSPS) is 12.5. The van der Waals surface area contributed by atoms with Crippen molar-refractivity contribution in [2.75, 3.05) is 13.1 Å². The highest BCUT2D eigenvalue weighted by atomic mass is 19.1. The van der Waals surface area contributed by atoms with Crippen LogP contribution in [0.1, 0.15) is 47.4 Å². The molecule has 0 aliphatic heterocycles. The van der Waals surface area contributed by atoms with E-state index in [1.807, 2.05) is 13.8 Å². The van der Waals surface area contributed by atoms with Crippen LogP contribution in [0.2, 0.25) is 0 Å². The van der Waals surface area contributed by atoms with Crippen molar-refractivity contribution in [3.05, 3.63) is 99.5 Å². The Kier molecular flexibility index (Phi) is 7.05. The number of fused-ring (bicyclic) bond motifs is 3. The van der Waals surface area contributed by atoms with Gasteiger partial charge in [0.25, 0.3) is 11.5 Å². The summed E-state index contributed by atoms with van der Waals surface area (Å²) in [6.45, 7) is 5.64. The number of carbonyl (C=O) groups excluding carboxylic acids is 1. The summed E-state index contributed by atoms with van der Waals surface area (Å²) >= 11 is 0. The molecule has 8 nitrogen and oxygen atoms in total. The lowest BCUT2D eigenvalue weighted by Gasteiger charge is -2.35. The maximum absolute atomic E-state index is 14.4. The molecule has 0 aliphatic carbocycles. The van der Waals surface area contributed by atoms with Crippen molar-refractivity contribution in [3.63, 3.8) is 0 Å². The SMILES string of the molecule is Cc1ccc(C(=O)N(CCN)[C@@H](c2nc3c(oc4ccc(F)cc43)c(=O)n2Cc2ccco2)C(C)C)cc1F. The number of amides is 1. The van der Waals surface area contributed by atoms with Crippen LogP contribution >= 0.6 is 0 Å². The van der Waals surface area contributed by atoms with E-state index in [9.17, 15) is 18.4 Å². The van der Waals surface area contributed by atoms with E-state index in [0.29, 0.717) is 22.3 Å². The number of hydrogen-bond acceptors (Lipinski definition) is 6. The van der Waals surface area contributed by atoms with E-state index in [0.717, 1.165) is 0 Å². The number of halogens is 2. The van der Waals surface area contributed by atoms with Crippen LogP contribution in [0.3, 0.4) is 0 Å². The fourth-order valence-electron chi connectivity index (χ4n) is 4.85. The van der Waals surface area contributed by atoms with Crippen LogP contribution < -0.4 is 11.3 Å². The van der Waals surface area contributed by atoms with Crippen molar-refractivity contribution in [2.24, 2.45) is 11.7 Å². The molecule has 0 saturated carbocycles. The molecule has 0 aliphatic rings. The van der Waals surface area contributed by atoms with Gasteiger partial charge in [-0.3, -0.25) is 14.2 Å². The molecule has 1 atom stereocenters. The third kappa shape index (κ3) is 4.83. The topological polar surface area (TPSA) is 108 Å². The number of aryl methyl sites for hydroxylation is 1. The molecule has 5 aromatic rings. The van der Waals surface area contributed by atoms with Crippen LogP contribution in [0, 0.1) is 24.5 Å². The van der Waals surface area contributed by atoms with Crippen LogP contribution in [0.4, 0.5) is 8.78 Å². The molecule has 3 heterocycles. The Balaban J connectivity index is 1.76. The zero-order valence-corrected chi connectivity index (χ0v) is 21.8. The van der Waals surface area contributed by atoms with E-state index >= 15 is 0 Å². The summed E-state index contributed by atoms with van der Waals surface area (Å²) in [6.07, 6.45) is 1.49. The number of rotatable bonds is 8. The smallest absolute Gasteiger partial charge is 0.297 e. The molecule has 0 bridgehead atoms. The average Bonchev–Trinajstić information content (AvgIpc) is 3.55. The number of hydrogen-bond donors (Lipinski definition) is 1.